The summed E-state index contributed by atoms with van der Waals surface area (Å²) in [6.45, 7) is 21.0. The highest BCUT2D eigenvalue weighted by molar-refractivity contribution is 8.30. The van der Waals surface area contributed by atoms with Crippen LogP contribution < -0.4 is 0 Å². The Balaban J connectivity index is 2.46. The number of hydrogen-bond donors (Lipinski definition) is 0. The Kier molecular flexibility index (Phi) is 5.56. The van der Waals surface area contributed by atoms with Gasteiger partial charge in [-0.2, -0.15) is 0 Å². The molecule has 152 valence electrons. The molecule has 2 spiro atoms. The van der Waals surface area contributed by atoms with Crippen LogP contribution in [0.2, 0.25) is 39.3 Å². The molecule has 3 heterocycles. The zero-order chi connectivity index (χ0) is 19.7. The summed E-state index contributed by atoms with van der Waals surface area (Å²) in [5.41, 5.74) is 0. The van der Waals surface area contributed by atoms with Crippen LogP contribution in [-0.4, -0.2) is 98.5 Å². The van der Waals surface area contributed by atoms with Gasteiger partial charge in [-0.3, -0.25) is 18.7 Å². The van der Waals surface area contributed by atoms with Crippen LogP contribution in [0.5, 0.6) is 0 Å². The molecule has 26 heavy (non-hydrogen) atoms. The second-order valence-electron chi connectivity index (χ2n) is 10.6. The van der Waals surface area contributed by atoms with Gasteiger partial charge in [-0.05, 0) is 50.3 Å². The van der Waals surface area contributed by atoms with Crippen LogP contribution in [0.25, 0.3) is 0 Å². The molecule has 0 aromatic rings. The van der Waals surface area contributed by atoms with Crippen molar-refractivity contribution in [3.8, 4) is 0 Å². The van der Waals surface area contributed by atoms with Crippen LogP contribution in [0.4, 0.5) is 0 Å². The topological polar surface area (TPSA) is 13.0 Å². The Morgan fingerprint density at radius 2 is 0.769 bits per heavy atom. The molecule has 0 saturated carbocycles. The third kappa shape index (κ3) is 2.67. The highest BCUT2D eigenvalue weighted by Gasteiger charge is 2.62. The average molecular weight is 433 g/mol. The second-order valence-corrected chi connectivity index (χ2v) is 29.9. The normalized spacial score (nSPS) is 28.8. The first kappa shape index (κ1) is 21.6. The molecule has 0 aromatic carbocycles. The molecule has 0 aromatic heterocycles. The molecule has 3 aliphatic heterocycles. The van der Waals surface area contributed by atoms with Crippen LogP contribution in [0.3, 0.4) is 0 Å². The molecule has 0 aliphatic carbocycles. The summed E-state index contributed by atoms with van der Waals surface area (Å²) < 4.78 is 15.6. The summed E-state index contributed by atoms with van der Waals surface area (Å²) in [6.07, 6.45) is 2.65. The van der Waals surface area contributed by atoms with Crippen molar-refractivity contribution in [2.24, 2.45) is 0 Å². The van der Waals surface area contributed by atoms with Crippen molar-refractivity contribution in [1.82, 2.24) is 18.7 Å². The van der Waals surface area contributed by atoms with E-state index in [2.05, 4.69) is 95.5 Å². The maximum absolute atomic E-state index is 2.86. The first-order chi connectivity index (χ1) is 11.8. The van der Waals surface area contributed by atoms with E-state index >= 15 is 0 Å². The van der Waals surface area contributed by atoms with E-state index in [4.69, 9.17) is 0 Å². The van der Waals surface area contributed by atoms with Crippen molar-refractivity contribution in [2.45, 2.75) is 52.1 Å². The lowest BCUT2D eigenvalue weighted by Crippen LogP contribution is -2.62. The molecule has 4 nitrogen and oxygen atoms in total. The third-order valence-electron chi connectivity index (χ3n) is 6.43. The van der Waals surface area contributed by atoms with Crippen molar-refractivity contribution in [2.75, 3.05) is 54.4 Å². The number of hydrogen-bond acceptors (Lipinski definition) is 4. The molecule has 0 atom stereocenters. The second kappa shape index (κ2) is 6.70. The van der Waals surface area contributed by atoms with Gasteiger partial charge in [0.2, 0.25) is 0 Å². The Morgan fingerprint density at radius 1 is 0.538 bits per heavy atom. The minimum Gasteiger partial charge on any atom is -0.272 e. The van der Waals surface area contributed by atoms with Crippen molar-refractivity contribution in [1.29, 1.82) is 0 Å². The molecule has 0 unspecified atom stereocenters. The van der Waals surface area contributed by atoms with Gasteiger partial charge in [-0.15, -0.1) is 0 Å². The van der Waals surface area contributed by atoms with Crippen LogP contribution in [0.1, 0.15) is 12.8 Å². The summed E-state index contributed by atoms with van der Waals surface area (Å²) in [5, 5.41) is 0. The van der Waals surface area contributed by atoms with Gasteiger partial charge in [0.1, 0.15) is 0 Å². The molecule has 2 saturated heterocycles. The van der Waals surface area contributed by atoms with Crippen molar-refractivity contribution < 1.29 is 0 Å². The lowest BCUT2D eigenvalue weighted by Gasteiger charge is -2.68. The SMILES string of the molecule is CN1CCCN(C)P12=C([Si](C)(C)C)P1(=C2[Si](C)(C)C)N(C)CCCN1C. The molecule has 0 N–H and O–H groups in total. The zero-order valence-electron chi connectivity index (χ0n) is 18.9. The number of nitrogens with zero attached hydrogens (tertiary/aromatic N) is 4. The number of rotatable bonds is 2. The van der Waals surface area contributed by atoms with Crippen LogP contribution >= 0.6 is 14.4 Å². The molecule has 3 aliphatic rings. The van der Waals surface area contributed by atoms with E-state index in [9.17, 15) is 0 Å². The fourth-order valence-electron chi connectivity index (χ4n) is 5.87. The van der Waals surface area contributed by atoms with E-state index in [0.717, 1.165) is 0 Å². The summed E-state index contributed by atoms with van der Waals surface area (Å²) >= 11 is 0. The van der Waals surface area contributed by atoms with Gasteiger partial charge in [0.25, 0.3) is 0 Å². The Labute approximate surface area is 165 Å². The maximum Gasteiger partial charge on any atom is 0.0851 e. The predicted molar refractivity (Wildman–Crippen MR) is 130 cm³/mol. The average Bonchev–Trinajstić information content (AvgIpc) is 2.42. The Morgan fingerprint density at radius 3 is 0.962 bits per heavy atom. The van der Waals surface area contributed by atoms with E-state index in [0.29, 0.717) is 0 Å². The van der Waals surface area contributed by atoms with E-state index in [1.54, 1.807) is 0 Å². The van der Waals surface area contributed by atoms with Crippen LogP contribution in [-0.2, 0) is 0 Å². The van der Waals surface area contributed by atoms with Crippen molar-refractivity contribution in [3.05, 3.63) is 0 Å². The molecule has 2 fully saturated rings. The standard InChI is InChI=1S/C18H42N4P2Si2/c1-19-13-11-14-20(2)23(19)17(25(5,6)7)24(18(23)26(8,9)10)21(3)15-12-16-22(24)4/h11-16H2,1-10H3. The fraction of sp³-hybridized carbons (Fsp3) is 0.889. The molecule has 0 amide bonds. The van der Waals surface area contributed by atoms with Crippen molar-refractivity contribution in [3.63, 3.8) is 0 Å². The van der Waals surface area contributed by atoms with Gasteiger partial charge >= 0.3 is 0 Å². The summed E-state index contributed by atoms with van der Waals surface area (Å²) in [6, 6.07) is 0. The summed E-state index contributed by atoms with van der Waals surface area (Å²) in [5.74, 6) is 0. The van der Waals surface area contributed by atoms with Crippen molar-refractivity contribution >= 4 is 39.8 Å². The maximum atomic E-state index is 2.86. The van der Waals surface area contributed by atoms with Gasteiger partial charge in [0.15, 0.2) is 0 Å². The zero-order valence-corrected chi connectivity index (χ0v) is 22.7. The first-order valence-electron chi connectivity index (χ1n) is 10.2. The quantitative estimate of drug-likeness (QED) is 0.478. The van der Waals surface area contributed by atoms with Gasteiger partial charge in [0, 0.05) is 40.6 Å². The predicted octanol–water partition coefficient (Wildman–Crippen LogP) is 4.24. The van der Waals surface area contributed by atoms with E-state index in [-0.39, 0.29) is 0 Å². The summed E-state index contributed by atoms with van der Waals surface area (Å²) in [4.78, 5) is 0. The largest absolute Gasteiger partial charge is 0.272 e. The van der Waals surface area contributed by atoms with Gasteiger partial charge in [0.05, 0.1) is 16.1 Å². The lowest BCUT2D eigenvalue weighted by atomic mass is 10.4. The minimum absolute atomic E-state index is 1.29. The van der Waals surface area contributed by atoms with Crippen LogP contribution in [0, 0.1) is 0 Å². The first-order valence-corrected chi connectivity index (χ1v) is 20.6. The molecular weight excluding hydrogens is 390 g/mol. The molecule has 0 bridgehead atoms. The van der Waals surface area contributed by atoms with Crippen LogP contribution in [0.15, 0.2) is 0 Å². The highest BCUT2D eigenvalue weighted by atomic mass is 31.2. The fourth-order valence-corrected chi connectivity index (χ4v) is 41.1. The van der Waals surface area contributed by atoms with E-state index < -0.39 is 30.5 Å². The summed E-state index contributed by atoms with van der Waals surface area (Å²) in [7, 11) is 4.13. The van der Waals surface area contributed by atoms with Gasteiger partial charge in [-0.25, -0.2) is 0 Å². The third-order valence-corrected chi connectivity index (χ3v) is 31.4. The smallest absolute Gasteiger partial charge is 0.0851 e. The minimum atomic E-state index is -1.43. The Hall–Kier alpha value is 0.874. The van der Waals surface area contributed by atoms with Gasteiger partial charge < -0.3 is 0 Å². The van der Waals surface area contributed by atoms with E-state index in [1.807, 2.05) is 0 Å². The monoisotopic (exact) mass is 432 g/mol. The highest BCUT2D eigenvalue weighted by Crippen LogP contribution is 2.83. The lowest BCUT2D eigenvalue weighted by molar-refractivity contribution is 0.380. The van der Waals surface area contributed by atoms with E-state index in [1.165, 1.54) is 39.0 Å². The molecule has 8 heteroatoms. The molecule has 0 radical (unpaired) electrons. The van der Waals surface area contributed by atoms with Gasteiger partial charge in [-0.1, -0.05) is 39.3 Å². The molecule has 3 rings (SSSR count). The molecular formula is C18H42N4P2Si2. The Bertz CT molecular complexity index is 600.